The van der Waals surface area contributed by atoms with Crippen LogP contribution in [0.3, 0.4) is 0 Å². The van der Waals surface area contributed by atoms with Crippen molar-refractivity contribution < 1.29 is 4.42 Å². The molecule has 3 heteroatoms. The van der Waals surface area contributed by atoms with E-state index < -0.39 is 0 Å². The lowest BCUT2D eigenvalue weighted by atomic mass is 10.2. The third-order valence-electron chi connectivity index (χ3n) is 1.40. The highest BCUT2D eigenvalue weighted by molar-refractivity contribution is 9.10. The molecule has 0 aliphatic heterocycles. The Morgan fingerprint density at radius 1 is 1.70 bits per heavy atom. The van der Waals surface area contributed by atoms with E-state index in [2.05, 4.69) is 15.9 Å². The fourth-order valence-electron chi connectivity index (χ4n) is 0.729. The van der Waals surface area contributed by atoms with Crippen LogP contribution in [-0.4, -0.2) is 0 Å². The molecule has 1 aromatic rings. The molecule has 0 aromatic carbocycles. The molecule has 0 saturated heterocycles. The normalized spacial score (nSPS) is 13.5. The van der Waals surface area contributed by atoms with Gasteiger partial charge in [-0.15, -0.1) is 0 Å². The Morgan fingerprint density at radius 2 is 2.40 bits per heavy atom. The average molecular weight is 204 g/mol. The largest absolute Gasteiger partial charge is 0.453 e. The minimum atomic E-state index is 0.0336. The van der Waals surface area contributed by atoms with E-state index in [1.165, 1.54) is 0 Å². The summed E-state index contributed by atoms with van der Waals surface area (Å²) in [5, 5.41) is 0. The standard InChI is InChI=1S/C7H10BrNO/c1-2-5(9)6-3-4-7(8)10-6/h3-5H,2,9H2,1H3. The quantitative estimate of drug-likeness (QED) is 0.803. The summed E-state index contributed by atoms with van der Waals surface area (Å²) in [6.45, 7) is 2.03. The van der Waals surface area contributed by atoms with Gasteiger partial charge in [-0.1, -0.05) is 6.92 Å². The minimum Gasteiger partial charge on any atom is -0.453 e. The molecule has 0 aliphatic carbocycles. The molecule has 0 saturated carbocycles. The first-order valence-electron chi connectivity index (χ1n) is 3.25. The maximum absolute atomic E-state index is 5.69. The van der Waals surface area contributed by atoms with Crippen LogP contribution in [0.4, 0.5) is 0 Å². The van der Waals surface area contributed by atoms with Crippen molar-refractivity contribution in [2.24, 2.45) is 5.73 Å². The van der Waals surface area contributed by atoms with Gasteiger partial charge in [-0.2, -0.15) is 0 Å². The summed E-state index contributed by atoms with van der Waals surface area (Å²) in [5.41, 5.74) is 5.69. The van der Waals surface area contributed by atoms with E-state index >= 15 is 0 Å². The van der Waals surface area contributed by atoms with Gasteiger partial charge < -0.3 is 10.2 Å². The molecule has 0 bridgehead atoms. The molecule has 1 unspecified atom stereocenters. The third kappa shape index (κ3) is 1.61. The van der Waals surface area contributed by atoms with Gasteiger partial charge in [0.05, 0.1) is 6.04 Å². The lowest BCUT2D eigenvalue weighted by Crippen LogP contribution is -2.06. The highest BCUT2D eigenvalue weighted by atomic mass is 79.9. The van der Waals surface area contributed by atoms with Gasteiger partial charge in [-0.3, -0.25) is 0 Å². The van der Waals surface area contributed by atoms with Gasteiger partial charge in [-0.05, 0) is 34.5 Å². The first kappa shape index (κ1) is 7.82. The number of furan rings is 1. The third-order valence-corrected chi connectivity index (χ3v) is 1.83. The van der Waals surface area contributed by atoms with E-state index in [1.807, 2.05) is 19.1 Å². The Hall–Kier alpha value is -0.280. The molecule has 0 radical (unpaired) electrons. The molecule has 0 aliphatic rings. The van der Waals surface area contributed by atoms with Gasteiger partial charge in [0.25, 0.3) is 0 Å². The van der Waals surface area contributed by atoms with E-state index in [0.717, 1.165) is 16.9 Å². The van der Waals surface area contributed by atoms with Crippen molar-refractivity contribution in [1.82, 2.24) is 0 Å². The smallest absolute Gasteiger partial charge is 0.169 e. The zero-order chi connectivity index (χ0) is 7.56. The average Bonchev–Trinajstić information content (AvgIpc) is 2.34. The predicted molar refractivity (Wildman–Crippen MR) is 43.6 cm³/mol. The van der Waals surface area contributed by atoms with Gasteiger partial charge in [0, 0.05) is 0 Å². The molecule has 1 aromatic heterocycles. The second-order valence-corrected chi connectivity index (χ2v) is 2.94. The molecule has 1 atom stereocenters. The van der Waals surface area contributed by atoms with Crippen molar-refractivity contribution in [3.8, 4) is 0 Å². The fourth-order valence-corrected chi connectivity index (χ4v) is 1.05. The van der Waals surface area contributed by atoms with E-state index in [0.29, 0.717) is 0 Å². The van der Waals surface area contributed by atoms with Crippen molar-refractivity contribution in [3.05, 3.63) is 22.6 Å². The monoisotopic (exact) mass is 203 g/mol. The van der Waals surface area contributed by atoms with Crippen LogP contribution < -0.4 is 5.73 Å². The summed E-state index contributed by atoms with van der Waals surface area (Å²) in [5.74, 6) is 0.842. The van der Waals surface area contributed by atoms with Crippen molar-refractivity contribution in [2.75, 3.05) is 0 Å². The number of rotatable bonds is 2. The topological polar surface area (TPSA) is 39.2 Å². The molecule has 0 fully saturated rings. The molecule has 10 heavy (non-hydrogen) atoms. The second kappa shape index (κ2) is 3.21. The van der Waals surface area contributed by atoms with Crippen LogP contribution >= 0.6 is 15.9 Å². The fraction of sp³-hybridized carbons (Fsp3) is 0.429. The predicted octanol–water partition coefficient (Wildman–Crippen LogP) is 2.45. The van der Waals surface area contributed by atoms with Crippen molar-refractivity contribution in [3.63, 3.8) is 0 Å². The van der Waals surface area contributed by atoms with Crippen molar-refractivity contribution in [1.29, 1.82) is 0 Å². The minimum absolute atomic E-state index is 0.0336. The zero-order valence-corrected chi connectivity index (χ0v) is 7.39. The van der Waals surface area contributed by atoms with E-state index in [-0.39, 0.29) is 6.04 Å². The molecule has 2 nitrogen and oxygen atoms in total. The Labute approximate surface area is 68.5 Å². The highest BCUT2D eigenvalue weighted by Gasteiger charge is 2.06. The lowest BCUT2D eigenvalue weighted by Gasteiger charge is -2.02. The Morgan fingerprint density at radius 3 is 2.80 bits per heavy atom. The van der Waals surface area contributed by atoms with Gasteiger partial charge in [0.2, 0.25) is 0 Å². The maximum Gasteiger partial charge on any atom is 0.169 e. The van der Waals surface area contributed by atoms with Crippen molar-refractivity contribution >= 4 is 15.9 Å². The number of hydrogen-bond acceptors (Lipinski definition) is 2. The van der Waals surface area contributed by atoms with Crippen LogP contribution in [0.25, 0.3) is 0 Å². The van der Waals surface area contributed by atoms with Crippen LogP contribution in [0.15, 0.2) is 21.2 Å². The maximum atomic E-state index is 5.69. The molecule has 1 heterocycles. The van der Waals surface area contributed by atoms with E-state index in [1.54, 1.807) is 0 Å². The summed E-state index contributed by atoms with van der Waals surface area (Å²) < 4.78 is 5.97. The molecule has 0 spiro atoms. The van der Waals surface area contributed by atoms with Crippen LogP contribution in [0.1, 0.15) is 25.1 Å². The summed E-state index contributed by atoms with van der Waals surface area (Å²) in [6.07, 6.45) is 0.903. The van der Waals surface area contributed by atoms with E-state index in [4.69, 9.17) is 10.2 Å². The van der Waals surface area contributed by atoms with Crippen molar-refractivity contribution in [2.45, 2.75) is 19.4 Å². The molecular formula is C7H10BrNO. The van der Waals surface area contributed by atoms with Gasteiger partial charge in [0.15, 0.2) is 4.67 Å². The second-order valence-electron chi connectivity index (χ2n) is 2.16. The summed E-state index contributed by atoms with van der Waals surface area (Å²) >= 11 is 3.21. The molecule has 1 rings (SSSR count). The zero-order valence-electron chi connectivity index (χ0n) is 5.80. The van der Waals surface area contributed by atoms with Crippen LogP contribution in [0.5, 0.6) is 0 Å². The Kier molecular flexibility index (Phi) is 2.51. The SMILES string of the molecule is CCC(N)c1ccc(Br)o1. The summed E-state index contributed by atoms with van der Waals surface area (Å²) in [6, 6.07) is 3.77. The van der Waals surface area contributed by atoms with Crippen LogP contribution in [0.2, 0.25) is 0 Å². The number of hydrogen-bond donors (Lipinski definition) is 1. The molecule has 0 amide bonds. The first-order valence-corrected chi connectivity index (χ1v) is 4.04. The summed E-state index contributed by atoms with van der Waals surface area (Å²) in [4.78, 5) is 0. The van der Waals surface area contributed by atoms with E-state index in [9.17, 15) is 0 Å². The first-order chi connectivity index (χ1) is 4.74. The van der Waals surface area contributed by atoms with Gasteiger partial charge >= 0.3 is 0 Å². The molecule has 56 valence electrons. The van der Waals surface area contributed by atoms with Crippen LogP contribution in [-0.2, 0) is 0 Å². The number of nitrogens with two attached hydrogens (primary N) is 1. The van der Waals surface area contributed by atoms with Gasteiger partial charge in [0.1, 0.15) is 5.76 Å². The van der Waals surface area contributed by atoms with Gasteiger partial charge in [-0.25, -0.2) is 0 Å². The van der Waals surface area contributed by atoms with Crippen LogP contribution in [0, 0.1) is 0 Å². The molecular weight excluding hydrogens is 194 g/mol. The lowest BCUT2D eigenvalue weighted by molar-refractivity contribution is 0.444. The molecule has 2 N–H and O–H groups in total. The Balaban J connectivity index is 2.74. The highest BCUT2D eigenvalue weighted by Crippen LogP contribution is 2.20. The Bertz CT molecular complexity index is 209. The summed E-state index contributed by atoms with van der Waals surface area (Å²) in [7, 11) is 0. The number of halogens is 1.